The number of allylic oxidation sites excluding steroid dienone is 7. The number of likely N-dealkylation sites (N-methyl/N-ethyl adjacent to an activating group) is 1. The van der Waals surface area contributed by atoms with Crippen molar-refractivity contribution in [3.8, 4) is 0 Å². The van der Waals surface area contributed by atoms with Crippen molar-refractivity contribution in [2.75, 3.05) is 41.0 Å². The molecule has 0 saturated carbocycles. The Labute approximate surface area is 344 Å². The molecule has 0 fully saturated rings. The van der Waals surface area contributed by atoms with Crippen LogP contribution < -0.4 is 5.11 Å². The molecule has 0 saturated heterocycles. The van der Waals surface area contributed by atoms with Gasteiger partial charge in [-0.25, -0.2) is 0 Å². The molecule has 8 nitrogen and oxygen atoms in total. The minimum absolute atomic E-state index is 0.00287. The molecule has 0 aliphatic heterocycles. The Balaban J connectivity index is 4.19. The first-order chi connectivity index (χ1) is 27.1. The fourth-order valence-corrected chi connectivity index (χ4v) is 6.48. The predicted molar refractivity (Wildman–Crippen MR) is 231 cm³/mol. The van der Waals surface area contributed by atoms with E-state index in [0.29, 0.717) is 6.42 Å². The Hall–Kier alpha value is -2.71. The van der Waals surface area contributed by atoms with E-state index >= 15 is 0 Å². The Morgan fingerprint density at radius 3 is 1.55 bits per heavy atom. The van der Waals surface area contributed by atoms with Gasteiger partial charge in [-0.3, -0.25) is 9.59 Å². The second-order valence-corrected chi connectivity index (χ2v) is 16.3. The smallest absolute Gasteiger partial charge is 0.310 e. The highest BCUT2D eigenvalue weighted by Crippen LogP contribution is 2.14. The molecule has 324 valence electrons. The summed E-state index contributed by atoms with van der Waals surface area (Å²) >= 11 is 0. The van der Waals surface area contributed by atoms with Gasteiger partial charge in [0.15, 0.2) is 6.10 Å². The van der Waals surface area contributed by atoms with Crippen molar-refractivity contribution in [1.29, 1.82) is 0 Å². The van der Waals surface area contributed by atoms with Gasteiger partial charge in [-0.2, -0.15) is 0 Å². The molecule has 0 rings (SSSR count). The number of ether oxygens (including phenoxy) is 3. The zero-order valence-corrected chi connectivity index (χ0v) is 36.8. The zero-order chi connectivity index (χ0) is 41.4. The maximum atomic E-state index is 12.6. The summed E-state index contributed by atoms with van der Waals surface area (Å²) < 4.78 is 17.0. The number of aliphatic carboxylic acids is 1. The molecule has 0 N–H and O–H groups in total. The van der Waals surface area contributed by atoms with Gasteiger partial charge in [0.2, 0.25) is 0 Å². The van der Waals surface area contributed by atoms with Crippen LogP contribution in [0.15, 0.2) is 48.6 Å². The molecule has 0 spiro atoms. The number of hydrogen-bond donors (Lipinski definition) is 0. The van der Waals surface area contributed by atoms with E-state index in [2.05, 4.69) is 50.3 Å². The van der Waals surface area contributed by atoms with Gasteiger partial charge in [0.25, 0.3) is 0 Å². The van der Waals surface area contributed by atoms with Gasteiger partial charge < -0.3 is 28.6 Å². The first kappa shape index (κ1) is 53.3. The number of quaternary nitrogens is 1. The standard InChI is InChI=1S/C48H85NO7/c1-6-8-10-12-14-16-17-18-19-20-21-22-23-24-25-26-27-28-29-31-32-34-36-38-46(50)55-43-44(42-54-41-40-45(48(52)53)49(3,4)5)56-47(51)39-37-35-33-30-15-13-11-9-7-2/h9,11,15,24-25,30,35,37,44-45H,6-8,10,12-14,16-23,26-29,31-34,36,38-43H2,1-5H3/b11-9+,25-24+,30-15+,37-35+. The van der Waals surface area contributed by atoms with Gasteiger partial charge in [-0.1, -0.05) is 165 Å². The van der Waals surface area contributed by atoms with Crippen LogP contribution in [0.4, 0.5) is 0 Å². The van der Waals surface area contributed by atoms with Crippen LogP contribution in [-0.2, 0) is 28.6 Å². The van der Waals surface area contributed by atoms with Gasteiger partial charge in [0.1, 0.15) is 12.6 Å². The van der Waals surface area contributed by atoms with Crippen molar-refractivity contribution < 1.29 is 38.2 Å². The summed E-state index contributed by atoms with van der Waals surface area (Å²) in [7, 11) is 5.37. The number of carbonyl (C=O) groups excluding carboxylic acids is 3. The van der Waals surface area contributed by atoms with Gasteiger partial charge in [0, 0.05) is 12.8 Å². The Morgan fingerprint density at radius 2 is 1.05 bits per heavy atom. The minimum Gasteiger partial charge on any atom is -0.544 e. The molecule has 2 unspecified atom stereocenters. The van der Waals surface area contributed by atoms with E-state index in [4.69, 9.17) is 14.2 Å². The van der Waals surface area contributed by atoms with Crippen molar-refractivity contribution in [2.24, 2.45) is 0 Å². The van der Waals surface area contributed by atoms with E-state index in [1.807, 2.05) is 6.08 Å². The molecule has 0 bridgehead atoms. The summed E-state index contributed by atoms with van der Waals surface area (Å²) in [6.45, 7) is 4.43. The number of rotatable bonds is 40. The summed E-state index contributed by atoms with van der Waals surface area (Å²) in [5.74, 6) is -1.89. The van der Waals surface area contributed by atoms with Crippen LogP contribution in [-0.4, -0.2) is 75.5 Å². The van der Waals surface area contributed by atoms with Gasteiger partial charge in [-0.15, -0.1) is 0 Å². The third kappa shape index (κ3) is 36.9. The Morgan fingerprint density at radius 1 is 0.571 bits per heavy atom. The van der Waals surface area contributed by atoms with Crippen LogP contribution in [0, 0.1) is 0 Å². The van der Waals surface area contributed by atoms with E-state index in [-0.39, 0.29) is 43.1 Å². The Bertz CT molecular complexity index is 1060. The second kappa shape index (κ2) is 39.1. The molecular weight excluding hydrogens is 703 g/mol. The highest BCUT2D eigenvalue weighted by molar-refractivity contribution is 5.71. The van der Waals surface area contributed by atoms with Crippen LogP contribution in [0.2, 0.25) is 0 Å². The third-order valence-electron chi connectivity index (χ3n) is 9.98. The van der Waals surface area contributed by atoms with Crippen molar-refractivity contribution in [1.82, 2.24) is 0 Å². The van der Waals surface area contributed by atoms with Gasteiger partial charge in [-0.05, 0) is 51.4 Å². The number of carboxylic acid groups (broad SMARTS) is 1. The number of carboxylic acids is 1. The van der Waals surface area contributed by atoms with Gasteiger partial charge >= 0.3 is 11.9 Å². The van der Waals surface area contributed by atoms with Crippen LogP contribution in [0.25, 0.3) is 0 Å². The van der Waals surface area contributed by atoms with Crippen molar-refractivity contribution in [3.05, 3.63) is 48.6 Å². The van der Waals surface area contributed by atoms with Gasteiger partial charge in [0.05, 0.1) is 46.7 Å². The summed E-state index contributed by atoms with van der Waals surface area (Å²) in [5, 5.41) is 11.6. The molecule has 0 aromatic carbocycles. The van der Waals surface area contributed by atoms with E-state index in [9.17, 15) is 19.5 Å². The van der Waals surface area contributed by atoms with E-state index in [1.165, 1.54) is 116 Å². The molecule has 0 aliphatic rings. The van der Waals surface area contributed by atoms with E-state index in [1.54, 1.807) is 27.2 Å². The maximum Gasteiger partial charge on any atom is 0.310 e. The minimum atomic E-state index is -1.14. The van der Waals surface area contributed by atoms with Crippen molar-refractivity contribution in [2.45, 2.75) is 199 Å². The van der Waals surface area contributed by atoms with E-state index < -0.39 is 24.1 Å². The summed E-state index contributed by atoms with van der Waals surface area (Å²) in [5.41, 5.74) is 0. The van der Waals surface area contributed by atoms with Crippen LogP contribution in [0.3, 0.4) is 0 Å². The lowest BCUT2D eigenvalue weighted by molar-refractivity contribution is -0.889. The summed E-state index contributed by atoms with van der Waals surface area (Å²) in [6, 6.07) is -0.739. The average Bonchev–Trinajstić information content (AvgIpc) is 3.15. The number of hydrogen-bond acceptors (Lipinski definition) is 7. The lowest BCUT2D eigenvalue weighted by Gasteiger charge is -2.34. The highest BCUT2D eigenvalue weighted by atomic mass is 16.6. The fraction of sp³-hybridized carbons (Fsp3) is 0.771. The number of esters is 2. The molecule has 0 aliphatic carbocycles. The molecule has 0 aromatic rings. The molecule has 2 atom stereocenters. The first-order valence-electron chi connectivity index (χ1n) is 22.7. The SMILES string of the molecule is CC/C=C/C/C=C/C/C=C/CC(=O)OC(COCCC(C(=O)[O-])[N+](C)(C)C)COC(=O)CCCCCCCCC/C=C/CCCCCCCCCCCCCC. The average molecular weight is 788 g/mol. The topological polar surface area (TPSA) is 102 Å². The van der Waals surface area contributed by atoms with Crippen LogP contribution >= 0.6 is 0 Å². The maximum absolute atomic E-state index is 12.6. The lowest BCUT2D eigenvalue weighted by Crippen LogP contribution is -2.55. The molecule has 8 heteroatoms. The van der Waals surface area contributed by atoms with E-state index in [0.717, 1.165) is 38.5 Å². The quantitative estimate of drug-likeness (QED) is 0.0264. The second-order valence-electron chi connectivity index (χ2n) is 16.3. The number of carbonyl (C=O) groups is 3. The predicted octanol–water partition coefficient (Wildman–Crippen LogP) is 11.1. The summed E-state index contributed by atoms with van der Waals surface area (Å²) in [6.07, 6.45) is 46.3. The van der Waals surface area contributed by atoms with Crippen LogP contribution in [0.1, 0.15) is 187 Å². The highest BCUT2D eigenvalue weighted by Gasteiger charge is 2.25. The Kier molecular flexibility index (Phi) is 37.2. The first-order valence-corrected chi connectivity index (χ1v) is 22.7. The zero-order valence-electron chi connectivity index (χ0n) is 36.8. The molecular formula is C48H85NO7. The monoisotopic (exact) mass is 788 g/mol. The van der Waals surface area contributed by atoms with Crippen molar-refractivity contribution >= 4 is 17.9 Å². The third-order valence-corrected chi connectivity index (χ3v) is 9.98. The fourth-order valence-electron chi connectivity index (χ4n) is 6.48. The number of nitrogens with zero attached hydrogens (tertiary/aromatic N) is 1. The largest absolute Gasteiger partial charge is 0.544 e. The molecule has 0 amide bonds. The molecule has 0 aromatic heterocycles. The lowest BCUT2D eigenvalue weighted by atomic mass is 10.0. The summed E-state index contributed by atoms with van der Waals surface area (Å²) in [4.78, 5) is 36.7. The normalized spacial score (nSPS) is 13.4. The number of unbranched alkanes of at least 4 members (excludes halogenated alkanes) is 19. The van der Waals surface area contributed by atoms with Crippen molar-refractivity contribution in [3.63, 3.8) is 0 Å². The molecule has 0 radical (unpaired) electrons. The molecule has 56 heavy (non-hydrogen) atoms. The van der Waals surface area contributed by atoms with Crippen LogP contribution in [0.5, 0.6) is 0 Å². The molecule has 0 heterocycles.